The van der Waals surface area contributed by atoms with Gasteiger partial charge in [0.25, 0.3) is 0 Å². The Labute approximate surface area is 184 Å². The van der Waals surface area contributed by atoms with Crippen molar-refractivity contribution in [2.24, 2.45) is 0 Å². The third-order valence-corrected chi connectivity index (χ3v) is 7.13. The molecule has 0 bridgehead atoms. The van der Waals surface area contributed by atoms with Crippen LogP contribution in [-0.2, 0) is 24.3 Å². The molecule has 31 heavy (non-hydrogen) atoms. The number of ether oxygens (including phenoxy) is 2. The fraction of sp³-hybridized carbons (Fsp3) is 0.300. The summed E-state index contributed by atoms with van der Waals surface area (Å²) < 4.78 is 37.5. The highest BCUT2D eigenvalue weighted by molar-refractivity contribution is 7.89. The second-order valence-electron chi connectivity index (χ2n) is 7.00. The molecule has 0 radical (unpaired) electrons. The fourth-order valence-electron chi connectivity index (χ4n) is 3.40. The van der Waals surface area contributed by atoms with Crippen LogP contribution in [0.3, 0.4) is 0 Å². The van der Waals surface area contributed by atoms with Crippen LogP contribution in [-0.4, -0.2) is 64.0 Å². The van der Waals surface area contributed by atoms with Gasteiger partial charge in [-0.25, -0.2) is 13.2 Å². The first-order chi connectivity index (χ1) is 14.8. The van der Waals surface area contributed by atoms with Crippen LogP contribution >= 0.6 is 11.6 Å². The number of esters is 1. The lowest BCUT2D eigenvalue weighted by Crippen LogP contribution is -2.41. The van der Waals surface area contributed by atoms with Crippen LogP contribution in [0.4, 0.5) is 11.4 Å². The van der Waals surface area contributed by atoms with Crippen molar-refractivity contribution >= 4 is 44.9 Å². The number of para-hydroxylation sites is 2. The second-order valence-corrected chi connectivity index (χ2v) is 9.35. The first-order valence-corrected chi connectivity index (χ1v) is 11.4. The highest BCUT2D eigenvalue weighted by atomic mass is 35.5. The summed E-state index contributed by atoms with van der Waals surface area (Å²) in [7, 11) is -3.74. The Morgan fingerprint density at radius 1 is 1.13 bits per heavy atom. The minimum absolute atomic E-state index is 0.0287. The molecule has 0 aliphatic carbocycles. The SMILES string of the molecule is O=C(CN1CC(=O)Oc2ccccc21)Nc1cc(S(=O)(=O)N2CCOCC2)ccc1Cl. The van der Waals surface area contributed by atoms with Crippen molar-refractivity contribution in [2.45, 2.75) is 4.90 Å². The smallest absolute Gasteiger partial charge is 0.331 e. The molecule has 0 spiro atoms. The van der Waals surface area contributed by atoms with E-state index in [0.717, 1.165) is 0 Å². The molecule has 0 aromatic heterocycles. The van der Waals surface area contributed by atoms with Gasteiger partial charge in [0.2, 0.25) is 15.9 Å². The number of nitrogens with one attached hydrogen (secondary N) is 1. The highest BCUT2D eigenvalue weighted by Gasteiger charge is 2.28. The Bertz CT molecular complexity index is 1120. The maximum atomic E-state index is 12.9. The Morgan fingerprint density at radius 3 is 2.65 bits per heavy atom. The number of anilines is 2. The van der Waals surface area contributed by atoms with Gasteiger partial charge >= 0.3 is 5.97 Å². The summed E-state index contributed by atoms with van der Waals surface area (Å²) in [6.45, 7) is 0.965. The van der Waals surface area contributed by atoms with Gasteiger partial charge in [-0.3, -0.25) is 4.79 Å². The topological polar surface area (TPSA) is 105 Å². The summed E-state index contributed by atoms with van der Waals surface area (Å²) in [5, 5.41) is 2.85. The molecule has 1 saturated heterocycles. The summed E-state index contributed by atoms with van der Waals surface area (Å²) in [5.74, 6) is -0.543. The van der Waals surface area contributed by atoms with Crippen molar-refractivity contribution in [3.8, 4) is 5.75 Å². The minimum Gasteiger partial charge on any atom is -0.423 e. The third-order valence-electron chi connectivity index (χ3n) is 4.90. The van der Waals surface area contributed by atoms with Crippen LogP contribution < -0.4 is 15.0 Å². The second kappa shape index (κ2) is 8.83. The van der Waals surface area contributed by atoms with Crippen molar-refractivity contribution in [1.82, 2.24) is 4.31 Å². The molecule has 0 unspecified atom stereocenters. The molecule has 2 aliphatic rings. The van der Waals surface area contributed by atoms with E-state index in [1.165, 1.54) is 22.5 Å². The molecule has 164 valence electrons. The van der Waals surface area contributed by atoms with Crippen LogP contribution in [0.1, 0.15) is 0 Å². The van der Waals surface area contributed by atoms with E-state index in [4.69, 9.17) is 21.1 Å². The molecule has 4 rings (SSSR count). The number of rotatable bonds is 5. The van der Waals surface area contributed by atoms with Gasteiger partial charge in [-0.15, -0.1) is 0 Å². The van der Waals surface area contributed by atoms with Gasteiger partial charge in [0.1, 0.15) is 6.54 Å². The fourth-order valence-corrected chi connectivity index (χ4v) is 5.00. The molecule has 1 fully saturated rings. The molecule has 1 N–H and O–H groups in total. The monoisotopic (exact) mass is 465 g/mol. The molecular weight excluding hydrogens is 446 g/mol. The molecule has 0 atom stereocenters. The zero-order valence-corrected chi connectivity index (χ0v) is 18.0. The van der Waals surface area contributed by atoms with Crippen LogP contribution in [0.5, 0.6) is 5.75 Å². The number of nitrogens with zero attached hydrogens (tertiary/aromatic N) is 2. The standard InChI is InChI=1S/C20H20ClN3O6S/c21-15-6-5-14(31(27,28)24-7-9-29-10-8-24)11-16(15)22-19(25)12-23-13-20(26)30-18-4-2-1-3-17(18)23/h1-6,11H,7-10,12-13H2,(H,22,25). The predicted octanol–water partition coefficient (Wildman–Crippen LogP) is 1.72. The number of amides is 1. The van der Waals surface area contributed by atoms with Gasteiger partial charge in [0, 0.05) is 13.1 Å². The van der Waals surface area contributed by atoms with Crippen molar-refractivity contribution in [1.29, 1.82) is 0 Å². The molecule has 2 aromatic rings. The Balaban J connectivity index is 1.51. The normalized spacial score (nSPS) is 17.1. The minimum atomic E-state index is -3.74. The Kier molecular flexibility index (Phi) is 6.15. The molecule has 2 aromatic carbocycles. The molecular formula is C20H20ClN3O6S. The molecule has 1 amide bonds. The molecule has 11 heteroatoms. The van der Waals surface area contributed by atoms with Crippen molar-refractivity contribution in [3.63, 3.8) is 0 Å². The number of fused-ring (bicyclic) bond motifs is 1. The van der Waals surface area contributed by atoms with Crippen molar-refractivity contribution in [2.75, 3.05) is 49.6 Å². The summed E-state index contributed by atoms with van der Waals surface area (Å²) in [4.78, 5) is 26.1. The number of benzene rings is 2. The maximum absolute atomic E-state index is 12.9. The van der Waals surface area contributed by atoms with E-state index in [0.29, 0.717) is 24.7 Å². The first kappa shape index (κ1) is 21.6. The number of sulfonamides is 1. The highest BCUT2D eigenvalue weighted by Crippen LogP contribution is 2.32. The number of halogens is 1. The molecule has 2 aliphatic heterocycles. The average Bonchev–Trinajstić information content (AvgIpc) is 2.75. The van der Waals surface area contributed by atoms with Gasteiger partial charge in [-0.05, 0) is 30.3 Å². The average molecular weight is 466 g/mol. The van der Waals surface area contributed by atoms with Crippen LogP contribution in [0.2, 0.25) is 5.02 Å². The van der Waals surface area contributed by atoms with E-state index in [1.54, 1.807) is 29.2 Å². The maximum Gasteiger partial charge on any atom is 0.331 e. The first-order valence-electron chi connectivity index (χ1n) is 9.56. The van der Waals surface area contributed by atoms with Crippen LogP contribution in [0.25, 0.3) is 0 Å². The van der Waals surface area contributed by atoms with E-state index >= 15 is 0 Å². The zero-order chi connectivity index (χ0) is 22.0. The molecule has 0 saturated carbocycles. The summed E-state index contributed by atoms with van der Waals surface area (Å²) >= 11 is 6.19. The lowest BCUT2D eigenvalue weighted by Gasteiger charge is -2.29. The van der Waals surface area contributed by atoms with Crippen LogP contribution in [0, 0.1) is 0 Å². The van der Waals surface area contributed by atoms with E-state index in [-0.39, 0.29) is 41.8 Å². The van der Waals surface area contributed by atoms with E-state index in [9.17, 15) is 18.0 Å². The van der Waals surface area contributed by atoms with Crippen molar-refractivity contribution in [3.05, 3.63) is 47.5 Å². The van der Waals surface area contributed by atoms with Gasteiger partial charge < -0.3 is 19.7 Å². The quantitative estimate of drug-likeness (QED) is 0.529. The third kappa shape index (κ3) is 4.67. The predicted molar refractivity (Wildman–Crippen MR) is 114 cm³/mol. The molecule has 9 nitrogen and oxygen atoms in total. The Hall–Kier alpha value is -2.66. The Morgan fingerprint density at radius 2 is 1.87 bits per heavy atom. The lowest BCUT2D eigenvalue weighted by atomic mass is 10.2. The zero-order valence-electron chi connectivity index (χ0n) is 16.4. The van der Waals surface area contributed by atoms with E-state index < -0.39 is 21.9 Å². The number of carbonyl (C=O) groups excluding carboxylic acids is 2. The van der Waals surface area contributed by atoms with E-state index in [2.05, 4.69) is 5.32 Å². The van der Waals surface area contributed by atoms with Gasteiger partial charge in [0.05, 0.1) is 41.1 Å². The summed E-state index contributed by atoms with van der Waals surface area (Å²) in [6.07, 6.45) is 0. The van der Waals surface area contributed by atoms with Crippen molar-refractivity contribution < 1.29 is 27.5 Å². The number of morpholine rings is 1. The van der Waals surface area contributed by atoms with Gasteiger partial charge in [0.15, 0.2) is 5.75 Å². The number of carbonyl (C=O) groups is 2. The summed E-state index contributed by atoms with van der Waals surface area (Å²) in [6, 6.07) is 11.1. The number of hydrogen-bond acceptors (Lipinski definition) is 7. The largest absolute Gasteiger partial charge is 0.423 e. The van der Waals surface area contributed by atoms with Crippen LogP contribution in [0.15, 0.2) is 47.4 Å². The van der Waals surface area contributed by atoms with Gasteiger partial charge in [-0.1, -0.05) is 23.7 Å². The summed E-state index contributed by atoms with van der Waals surface area (Å²) in [5.41, 5.74) is 0.792. The number of hydrogen-bond donors (Lipinski definition) is 1. The molecule has 2 heterocycles. The van der Waals surface area contributed by atoms with E-state index in [1.807, 2.05) is 0 Å². The lowest BCUT2D eigenvalue weighted by molar-refractivity contribution is -0.133. The van der Waals surface area contributed by atoms with Gasteiger partial charge in [-0.2, -0.15) is 4.31 Å².